The number of anilines is 1. The highest BCUT2D eigenvalue weighted by molar-refractivity contribution is 5.50. The molecule has 0 unspecified atom stereocenters. The summed E-state index contributed by atoms with van der Waals surface area (Å²) >= 11 is 0. The Bertz CT molecular complexity index is 348. The number of benzene rings is 1. The van der Waals surface area contributed by atoms with E-state index >= 15 is 0 Å². The van der Waals surface area contributed by atoms with Crippen LogP contribution < -0.4 is 4.90 Å². The second-order valence-corrected chi connectivity index (χ2v) is 5.48. The largest absolute Gasteiger partial charge is 0.372 e. The monoisotopic (exact) mass is 217 g/mol. The first-order valence-electron chi connectivity index (χ1n) is 6.49. The molecule has 1 saturated heterocycles. The first kappa shape index (κ1) is 11.5. The van der Waals surface area contributed by atoms with Gasteiger partial charge in [-0.15, -0.1) is 0 Å². The Morgan fingerprint density at radius 2 is 1.88 bits per heavy atom. The summed E-state index contributed by atoms with van der Waals surface area (Å²) in [5.41, 5.74) is 3.19. The van der Waals surface area contributed by atoms with E-state index in [1.54, 1.807) is 0 Å². The molecule has 1 nitrogen and oxygen atoms in total. The van der Waals surface area contributed by atoms with Gasteiger partial charge in [-0.05, 0) is 42.4 Å². The van der Waals surface area contributed by atoms with Crippen molar-refractivity contribution in [2.24, 2.45) is 0 Å². The molecule has 16 heavy (non-hydrogen) atoms. The van der Waals surface area contributed by atoms with Gasteiger partial charge in [0.15, 0.2) is 0 Å². The van der Waals surface area contributed by atoms with E-state index < -0.39 is 0 Å². The third kappa shape index (κ3) is 2.23. The lowest BCUT2D eigenvalue weighted by Crippen LogP contribution is -2.20. The molecule has 1 heteroatoms. The molecule has 0 N–H and O–H groups in total. The summed E-state index contributed by atoms with van der Waals surface area (Å²) in [6.45, 7) is 9.39. The minimum atomic E-state index is 0.301. The van der Waals surface area contributed by atoms with Crippen LogP contribution in [0, 0.1) is 0 Å². The molecule has 0 amide bonds. The van der Waals surface area contributed by atoms with Crippen LogP contribution in [0.2, 0.25) is 0 Å². The van der Waals surface area contributed by atoms with E-state index in [0.717, 1.165) is 0 Å². The van der Waals surface area contributed by atoms with Crippen LogP contribution in [0.5, 0.6) is 0 Å². The fourth-order valence-electron chi connectivity index (χ4n) is 2.30. The van der Waals surface area contributed by atoms with E-state index in [1.165, 1.54) is 43.6 Å². The van der Waals surface area contributed by atoms with Gasteiger partial charge in [-0.25, -0.2) is 0 Å². The van der Waals surface area contributed by atoms with Crippen molar-refractivity contribution in [1.82, 2.24) is 0 Å². The van der Waals surface area contributed by atoms with Crippen molar-refractivity contribution >= 4 is 5.69 Å². The molecule has 1 heterocycles. The maximum atomic E-state index is 2.51. The Balaban J connectivity index is 2.25. The highest BCUT2D eigenvalue weighted by Crippen LogP contribution is 2.30. The van der Waals surface area contributed by atoms with Crippen LogP contribution in [0.4, 0.5) is 5.69 Å². The summed E-state index contributed by atoms with van der Waals surface area (Å²) in [4.78, 5) is 2.51. The van der Waals surface area contributed by atoms with Crippen LogP contribution in [0.25, 0.3) is 0 Å². The zero-order valence-corrected chi connectivity index (χ0v) is 10.8. The summed E-state index contributed by atoms with van der Waals surface area (Å²) in [5.74, 6) is 0. The first-order chi connectivity index (χ1) is 7.63. The van der Waals surface area contributed by atoms with E-state index in [4.69, 9.17) is 0 Å². The van der Waals surface area contributed by atoms with Crippen LogP contribution in [0.15, 0.2) is 24.3 Å². The predicted octanol–water partition coefficient (Wildman–Crippen LogP) is 3.97. The molecule has 1 aromatic carbocycles. The molecule has 0 bridgehead atoms. The van der Waals surface area contributed by atoms with E-state index in [9.17, 15) is 0 Å². The molecular formula is C15H23N. The fourth-order valence-corrected chi connectivity index (χ4v) is 2.30. The molecule has 1 fully saturated rings. The average Bonchev–Trinajstić information content (AvgIpc) is 2.83. The fraction of sp³-hybridized carbons (Fsp3) is 0.600. The molecule has 0 radical (unpaired) electrons. The Morgan fingerprint density at radius 3 is 2.50 bits per heavy atom. The van der Waals surface area contributed by atoms with Crippen molar-refractivity contribution in [1.29, 1.82) is 0 Å². The van der Waals surface area contributed by atoms with Crippen LogP contribution in [-0.2, 0) is 5.41 Å². The Kier molecular flexibility index (Phi) is 3.22. The molecule has 1 aliphatic rings. The molecular weight excluding hydrogens is 194 g/mol. The summed E-state index contributed by atoms with van der Waals surface area (Å²) in [7, 11) is 0. The Hall–Kier alpha value is -0.980. The summed E-state index contributed by atoms with van der Waals surface area (Å²) < 4.78 is 0. The zero-order chi connectivity index (χ0) is 11.6. The summed E-state index contributed by atoms with van der Waals surface area (Å²) in [6, 6.07) is 9.11. The van der Waals surface area contributed by atoms with Crippen molar-refractivity contribution in [3.63, 3.8) is 0 Å². The van der Waals surface area contributed by atoms with Gasteiger partial charge in [0.1, 0.15) is 0 Å². The molecule has 0 spiro atoms. The van der Waals surface area contributed by atoms with Gasteiger partial charge in [-0.3, -0.25) is 0 Å². The molecule has 0 aliphatic carbocycles. The van der Waals surface area contributed by atoms with Gasteiger partial charge in [-0.1, -0.05) is 32.9 Å². The molecule has 0 aromatic heterocycles. The summed E-state index contributed by atoms with van der Waals surface area (Å²) in [6.07, 6.45) is 3.89. The summed E-state index contributed by atoms with van der Waals surface area (Å²) in [5, 5.41) is 0. The number of hydrogen-bond donors (Lipinski definition) is 0. The highest BCUT2D eigenvalue weighted by atomic mass is 15.1. The lowest BCUT2D eigenvalue weighted by molar-refractivity contribution is 0.506. The molecule has 0 atom stereocenters. The highest BCUT2D eigenvalue weighted by Gasteiger charge is 2.19. The van der Waals surface area contributed by atoms with Gasteiger partial charge in [0.05, 0.1) is 0 Å². The smallest absolute Gasteiger partial charge is 0.0369 e. The topological polar surface area (TPSA) is 3.24 Å². The first-order valence-corrected chi connectivity index (χ1v) is 6.49. The van der Waals surface area contributed by atoms with Gasteiger partial charge in [0, 0.05) is 18.8 Å². The number of hydrogen-bond acceptors (Lipinski definition) is 1. The van der Waals surface area contributed by atoms with E-state index in [0.29, 0.717) is 5.41 Å². The SMILES string of the molecule is CCC(C)(C)c1cccc(N2CCCC2)c1. The van der Waals surface area contributed by atoms with Crippen LogP contribution >= 0.6 is 0 Å². The predicted molar refractivity (Wildman–Crippen MR) is 71.2 cm³/mol. The standard InChI is InChI=1S/C15H23N/c1-4-15(2,3)13-8-7-9-14(12-13)16-10-5-6-11-16/h7-9,12H,4-6,10-11H2,1-3H3. The Labute approximate surface area is 99.5 Å². The zero-order valence-electron chi connectivity index (χ0n) is 10.8. The number of nitrogens with zero attached hydrogens (tertiary/aromatic N) is 1. The minimum Gasteiger partial charge on any atom is -0.372 e. The maximum Gasteiger partial charge on any atom is 0.0369 e. The van der Waals surface area contributed by atoms with Crippen molar-refractivity contribution in [3.05, 3.63) is 29.8 Å². The van der Waals surface area contributed by atoms with Crippen LogP contribution in [0.3, 0.4) is 0 Å². The van der Waals surface area contributed by atoms with Gasteiger partial charge in [0.25, 0.3) is 0 Å². The van der Waals surface area contributed by atoms with Crippen molar-refractivity contribution in [3.8, 4) is 0 Å². The average molecular weight is 217 g/mol. The Morgan fingerprint density at radius 1 is 1.19 bits per heavy atom. The maximum absolute atomic E-state index is 2.51. The lowest BCUT2D eigenvalue weighted by Gasteiger charge is -2.26. The van der Waals surface area contributed by atoms with Gasteiger partial charge in [0.2, 0.25) is 0 Å². The van der Waals surface area contributed by atoms with E-state index in [-0.39, 0.29) is 0 Å². The second-order valence-electron chi connectivity index (χ2n) is 5.48. The molecule has 1 aliphatic heterocycles. The van der Waals surface area contributed by atoms with Gasteiger partial charge >= 0.3 is 0 Å². The minimum absolute atomic E-state index is 0.301. The second kappa shape index (κ2) is 4.48. The van der Waals surface area contributed by atoms with Crippen molar-refractivity contribution in [2.45, 2.75) is 45.4 Å². The number of rotatable bonds is 3. The molecule has 1 aromatic rings. The van der Waals surface area contributed by atoms with Crippen molar-refractivity contribution in [2.75, 3.05) is 18.0 Å². The van der Waals surface area contributed by atoms with E-state index in [2.05, 4.69) is 49.9 Å². The lowest BCUT2D eigenvalue weighted by atomic mass is 9.82. The molecule has 2 rings (SSSR count). The van der Waals surface area contributed by atoms with Crippen LogP contribution in [-0.4, -0.2) is 13.1 Å². The molecule has 88 valence electrons. The van der Waals surface area contributed by atoms with Crippen molar-refractivity contribution < 1.29 is 0 Å². The quantitative estimate of drug-likeness (QED) is 0.740. The molecule has 0 saturated carbocycles. The normalized spacial score (nSPS) is 16.8. The third-order valence-electron chi connectivity index (χ3n) is 3.98. The third-order valence-corrected chi connectivity index (χ3v) is 3.98. The van der Waals surface area contributed by atoms with E-state index in [1.807, 2.05) is 0 Å². The van der Waals surface area contributed by atoms with Gasteiger partial charge < -0.3 is 4.90 Å². The van der Waals surface area contributed by atoms with Gasteiger partial charge in [-0.2, -0.15) is 0 Å². The van der Waals surface area contributed by atoms with Crippen LogP contribution in [0.1, 0.15) is 45.6 Å².